The third-order valence-corrected chi connectivity index (χ3v) is 26.3. The standard InChI is InChI=1S/C21H25O3P.C20H31O5P.C19H21O7P.C15H9Cl4O3P/c1-12-8-14(3)18(15(4)9-12)20(22)25(7,24)21(23)19-16(5)10-13(2)11-17(19)6;1-8-17(21)26(23,13-14(2)12-20(3,4)5)19(22)18-15(24-6)10-9-11-16(18)25-7;1-23-12-8-6-9-13(24-2)16(12)18(20)27(5,22)19(21)17-14(25-3)10-7-11-15(17)26-4;1-23(22,14(20)12-8(16)4-2-5-9(12)17)15(21)13-10(18)6-3-7-11(13)19/h8-11H,1-7H3;9-11,14H,8,12-13H2,1-7H3;6-11H,1-5H3;2-7H,1H3. The lowest BCUT2D eigenvalue weighted by Crippen LogP contribution is -2.20. The van der Waals surface area contributed by atoms with E-state index >= 15 is 0 Å². The van der Waals surface area contributed by atoms with E-state index in [1.54, 1.807) is 37.3 Å². The molecule has 101 heavy (non-hydrogen) atoms. The molecule has 0 saturated heterocycles. The number of methoxy groups -OCH3 is 6. The number of benzene rings is 7. The van der Waals surface area contributed by atoms with Crippen molar-refractivity contribution in [3.8, 4) is 34.5 Å². The number of carbonyl (C=O) groups excluding carboxylic acids is 8. The van der Waals surface area contributed by atoms with Gasteiger partial charge in [-0.25, -0.2) is 0 Å². The molecule has 0 amide bonds. The van der Waals surface area contributed by atoms with Gasteiger partial charge in [-0.05, 0) is 142 Å². The minimum atomic E-state index is -4.08. The van der Waals surface area contributed by atoms with Gasteiger partial charge in [-0.15, -0.1) is 0 Å². The molecular weight excluding hydrogens is 1450 g/mol. The molecule has 0 heterocycles. The fourth-order valence-electron chi connectivity index (χ4n) is 11.5. The second-order valence-electron chi connectivity index (χ2n) is 25.3. The summed E-state index contributed by atoms with van der Waals surface area (Å²) >= 11 is 23.8. The minimum absolute atomic E-state index is 0.0163. The molecule has 7 aromatic rings. The highest BCUT2D eigenvalue weighted by Gasteiger charge is 2.45. The molecule has 0 aliphatic carbocycles. The van der Waals surface area contributed by atoms with Crippen LogP contribution in [0.3, 0.4) is 0 Å². The lowest BCUT2D eigenvalue weighted by molar-refractivity contribution is -0.111. The van der Waals surface area contributed by atoms with Crippen molar-refractivity contribution >= 4 is 119 Å². The van der Waals surface area contributed by atoms with Crippen molar-refractivity contribution in [1.29, 1.82) is 0 Å². The number of halogens is 4. The van der Waals surface area contributed by atoms with Crippen molar-refractivity contribution < 1.29 is 85.0 Å². The molecule has 0 fully saturated rings. The van der Waals surface area contributed by atoms with Crippen molar-refractivity contribution in [2.75, 3.05) is 68.8 Å². The summed E-state index contributed by atoms with van der Waals surface area (Å²) in [5.41, 5.74) is -0.225. The maximum atomic E-state index is 13.7. The predicted octanol–water partition coefficient (Wildman–Crippen LogP) is 20.7. The average Bonchev–Trinajstić information content (AvgIpc) is 0.791. The summed E-state index contributed by atoms with van der Waals surface area (Å²) in [5.74, 6) is 1.18. The first-order chi connectivity index (χ1) is 47.0. The van der Waals surface area contributed by atoms with Crippen molar-refractivity contribution in [3.63, 3.8) is 0 Å². The van der Waals surface area contributed by atoms with E-state index in [2.05, 4.69) is 20.8 Å². The van der Waals surface area contributed by atoms with Crippen LogP contribution in [0.1, 0.15) is 153 Å². The Morgan fingerprint density at radius 2 is 0.594 bits per heavy atom. The van der Waals surface area contributed by atoms with E-state index in [-0.39, 0.29) is 106 Å². The number of rotatable bonds is 25. The highest BCUT2D eigenvalue weighted by atomic mass is 35.5. The van der Waals surface area contributed by atoms with Crippen LogP contribution >= 0.6 is 75.0 Å². The number of carbonyl (C=O) groups is 8. The monoisotopic (exact) mass is 1540 g/mol. The van der Waals surface area contributed by atoms with Crippen LogP contribution in [-0.4, -0.2) is 113 Å². The van der Waals surface area contributed by atoms with Gasteiger partial charge < -0.3 is 46.7 Å². The third-order valence-electron chi connectivity index (χ3n) is 15.9. The number of hydrogen-bond donors (Lipinski definition) is 0. The Kier molecular flexibility index (Phi) is 31.0. The summed E-state index contributed by atoms with van der Waals surface area (Å²) in [6.45, 7) is 24.5. The lowest BCUT2D eigenvalue weighted by Gasteiger charge is -2.26. The van der Waals surface area contributed by atoms with Gasteiger partial charge in [0, 0.05) is 43.7 Å². The zero-order valence-electron chi connectivity index (χ0n) is 60.3. The highest BCUT2D eigenvalue weighted by Crippen LogP contribution is 2.58. The van der Waals surface area contributed by atoms with Crippen LogP contribution in [0.15, 0.2) is 115 Å². The van der Waals surface area contributed by atoms with Gasteiger partial charge >= 0.3 is 0 Å². The van der Waals surface area contributed by atoms with Crippen molar-refractivity contribution in [3.05, 3.63) is 208 Å². The Bertz CT molecular complexity index is 4210. The Hall–Kier alpha value is -7.22. The van der Waals surface area contributed by atoms with Crippen molar-refractivity contribution in [2.24, 2.45) is 11.3 Å². The molecular formula is C75H86Cl4O18P4. The van der Waals surface area contributed by atoms with Crippen LogP contribution in [0.4, 0.5) is 0 Å². The molecule has 0 aliphatic heterocycles. The molecule has 7 rings (SSSR count). The summed E-state index contributed by atoms with van der Waals surface area (Å²) in [7, 11) is -7.29. The molecule has 2 atom stereocenters. The van der Waals surface area contributed by atoms with E-state index in [0.29, 0.717) is 11.1 Å². The smallest absolute Gasteiger partial charge is 0.236 e. The van der Waals surface area contributed by atoms with Gasteiger partial charge in [-0.2, -0.15) is 0 Å². The summed E-state index contributed by atoms with van der Waals surface area (Å²) in [6.07, 6.45) is 0.893. The quantitative estimate of drug-likeness (QED) is 0.0482. The SMILES string of the molecule is CCC(=O)P(=O)(CC(C)CC(C)(C)C)C(=O)c1c(OC)cccc1OC.COc1cccc(OC)c1C(=O)P(C)(=O)C(=O)c1c(OC)cccc1OC.CP(=O)(C(=O)c1c(Cl)cccc1Cl)C(=O)c1c(Cl)cccc1Cl.Cc1cc(C)c(C(=O)P(C)(=O)C(=O)c2c(C)cc(C)cc2C)c(C)c1. The van der Waals surface area contributed by atoms with Gasteiger partial charge in [0.15, 0.2) is 5.52 Å². The van der Waals surface area contributed by atoms with E-state index in [1.807, 2.05) is 72.7 Å². The first kappa shape index (κ1) is 86.2. The molecule has 26 heteroatoms. The Morgan fingerprint density at radius 1 is 0.376 bits per heavy atom. The largest absolute Gasteiger partial charge is 0.496 e. The molecule has 542 valence electrons. The Labute approximate surface area is 611 Å². The average molecular weight is 1540 g/mol. The first-order valence-electron chi connectivity index (χ1n) is 31.3. The highest BCUT2D eigenvalue weighted by molar-refractivity contribution is 7.96. The fraction of sp³-hybridized carbons (Fsp3) is 0.333. The van der Waals surface area contributed by atoms with Gasteiger partial charge in [0.2, 0.25) is 67.2 Å². The van der Waals surface area contributed by atoms with Gasteiger partial charge in [-0.1, -0.05) is 147 Å². The molecule has 0 radical (unpaired) electrons. The van der Waals surface area contributed by atoms with Crippen molar-refractivity contribution in [1.82, 2.24) is 0 Å². The normalized spacial score (nSPS) is 12.2. The zero-order chi connectivity index (χ0) is 76.8. The second-order valence-corrected chi connectivity index (χ2v) is 37.7. The summed E-state index contributed by atoms with van der Waals surface area (Å²) in [5, 5.41) is 0.0653. The van der Waals surface area contributed by atoms with Gasteiger partial charge in [0.25, 0.3) is 0 Å². The molecule has 0 bridgehead atoms. The molecule has 0 aliphatic rings. The lowest BCUT2D eigenvalue weighted by atomic mass is 9.86. The van der Waals surface area contributed by atoms with E-state index in [0.717, 1.165) is 53.1 Å². The number of aryl methyl sites for hydroxylation is 6. The molecule has 7 aromatic carbocycles. The van der Waals surface area contributed by atoms with Gasteiger partial charge in [0.05, 0.1) is 73.9 Å². The molecule has 2 unspecified atom stereocenters. The van der Waals surface area contributed by atoms with E-state index in [4.69, 9.17) is 74.8 Å². The molecule has 0 N–H and O–H groups in total. The number of hydrogen-bond acceptors (Lipinski definition) is 18. The topological polar surface area (TPSA) is 260 Å². The summed E-state index contributed by atoms with van der Waals surface area (Å²) < 4.78 is 84.5. The summed E-state index contributed by atoms with van der Waals surface area (Å²) in [4.78, 5) is 103. The van der Waals surface area contributed by atoms with Gasteiger partial charge in [-0.3, -0.25) is 38.4 Å². The van der Waals surface area contributed by atoms with Crippen LogP contribution in [0.5, 0.6) is 34.5 Å². The van der Waals surface area contributed by atoms with E-state index in [1.165, 1.54) is 110 Å². The van der Waals surface area contributed by atoms with Crippen LogP contribution < -0.4 is 28.4 Å². The van der Waals surface area contributed by atoms with E-state index in [9.17, 15) is 56.6 Å². The van der Waals surface area contributed by atoms with Crippen LogP contribution in [0.2, 0.25) is 20.1 Å². The maximum absolute atomic E-state index is 13.7. The fourth-order valence-corrected chi connectivity index (χ4v) is 20.3. The minimum Gasteiger partial charge on any atom is -0.496 e. The summed E-state index contributed by atoms with van der Waals surface area (Å²) in [6, 6.07) is 30.6. The molecule has 0 saturated carbocycles. The first-order valence-corrected chi connectivity index (χ1v) is 41.2. The van der Waals surface area contributed by atoms with Crippen LogP contribution in [-0.2, 0) is 23.1 Å². The third kappa shape index (κ3) is 20.2. The van der Waals surface area contributed by atoms with E-state index < -0.39 is 72.8 Å². The maximum Gasteiger partial charge on any atom is 0.236 e. The molecule has 0 aromatic heterocycles. The zero-order valence-corrected chi connectivity index (χ0v) is 66.9. The van der Waals surface area contributed by atoms with Crippen LogP contribution in [0, 0.1) is 52.9 Å². The predicted molar refractivity (Wildman–Crippen MR) is 405 cm³/mol. The Balaban J connectivity index is 0.000000286. The van der Waals surface area contributed by atoms with Crippen LogP contribution in [0.25, 0.3) is 0 Å². The molecule has 18 nitrogen and oxygen atoms in total. The van der Waals surface area contributed by atoms with Crippen molar-refractivity contribution in [2.45, 2.75) is 89.0 Å². The Morgan fingerprint density at radius 3 is 0.822 bits per heavy atom. The molecule has 0 spiro atoms. The van der Waals surface area contributed by atoms with Gasteiger partial charge in [0.1, 0.15) is 51.2 Å². The number of ether oxygens (including phenoxy) is 6. The second kappa shape index (κ2) is 36.3.